The Balaban J connectivity index is 1.50. The fraction of sp³-hybridized carbons (Fsp3) is 0.250. The van der Waals surface area contributed by atoms with E-state index < -0.39 is 11.9 Å². The van der Waals surface area contributed by atoms with Crippen molar-refractivity contribution in [3.05, 3.63) is 76.0 Å². The lowest BCUT2D eigenvalue weighted by molar-refractivity contribution is -0.141. The number of aromatic nitrogens is 8. The van der Waals surface area contributed by atoms with Crippen LogP contribution in [0.4, 0.5) is 13.2 Å². The first-order valence-electron chi connectivity index (χ1n) is 11.3. The molecule has 0 bridgehead atoms. The van der Waals surface area contributed by atoms with E-state index in [1.165, 1.54) is 28.9 Å². The molecule has 0 spiro atoms. The summed E-state index contributed by atoms with van der Waals surface area (Å²) in [4.78, 5) is 32.9. The number of aromatic amines is 1. The molecule has 5 rings (SSSR count). The number of imidazole rings is 1. The van der Waals surface area contributed by atoms with Crippen molar-refractivity contribution < 1.29 is 17.9 Å². The molecule has 5 aromatic rings. The van der Waals surface area contributed by atoms with Gasteiger partial charge in [-0.05, 0) is 37.1 Å². The maximum Gasteiger partial charge on any atom is 0.435 e. The number of rotatable bonds is 6. The molecular formula is C24H21F3N8O2. The van der Waals surface area contributed by atoms with Crippen molar-refractivity contribution >= 4 is 11.2 Å². The summed E-state index contributed by atoms with van der Waals surface area (Å²) in [5, 5.41) is 3.67. The molecule has 0 atom stereocenters. The number of fused-ring (bicyclic) bond motifs is 1. The van der Waals surface area contributed by atoms with Crippen LogP contribution in [0, 0.1) is 6.92 Å². The molecule has 4 aromatic heterocycles. The van der Waals surface area contributed by atoms with Gasteiger partial charge in [-0.3, -0.25) is 4.57 Å². The van der Waals surface area contributed by atoms with E-state index >= 15 is 0 Å². The van der Waals surface area contributed by atoms with Gasteiger partial charge in [-0.15, -0.1) is 0 Å². The van der Waals surface area contributed by atoms with Gasteiger partial charge in [0.05, 0.1) is 31.2 Å². The SMILES string of the molecule is CCc1ncnc(OC)c1-c1ncc2[nH]c(=O)n(Cc3ccc(-n4nc(C(F)(F)F)cc4C)cc3)c2n1. The van der Waals surface area contributed by atoms with Gasteiger partial charge in [-0.2, -0.15) is 18.3 Å². The average molecular weight is 510 g/mol. The topological polar surface area (TPSA) is 116 Å². The van der Waals surface area contributed by atoms with Crippen LogP contribution in [-0.2, 0) is 19.1 Å². The van der Waals surface area contributed by atoms with Gasteiger partial charge in [0.2, 0.25) is 5.88 Å². The summed E-state index contributed by atoms with van der Waals surface area (Å²) in [6, 6.07) is 7.74. The number of aryl methyl sites for hydroxylation is 2. The van der Waals surface area contributed by atoms with E-state index in [2.05, 4.69) is 30.0 Å². The molecule has 0 aliphatic heterocycles. The van der Waals surface area contributed by atoms with Crippen molar-refractivity contribution in [1.29, 1.82) is 0 Å². The molecule has 0 radical (unpaired) electrons. The first kappa shape index (κ1) is 24.2. The zero-order chi connectivity index (χ0) is 26.3. The Hall–Kier alpha value is -4.55. The maximum absolute atomic E-state index is 13.0. The first-order chi connectivity index (χ1) is 17.7. The highest BCUT2D eigenvalue weighted by Crippen LogP contribution is 2.30. The fourth-order valence-corrected chi connectivity index (χ4v) is 4.06. The quantitative estimate of drug-likeness (QED) is 0.370. The van der Waals surface area contributed by atoms with E-state index in [0.717, 1.165) is 11.6 Å². The number of alkyl halides is 3. The van der Waals surface area contributed by atoms with Crippen LogP contribution >= 0.6 is 0 Å². The van der Waals surface area contributed by atoms with Gasteiger partial charge in [0.15, 0.2) is 17.2 Å². The lowest BCUT2D eigenvalue weighted by Gasteiger charge is -2.10. The number of methoxy groups -OCH3 is 1. The number of H-pyrrole nitrogens is 1. The molecule has 0 saturated heterocycles. The second-order valence-electron chi connectivity index (χ2n) is 8.25. The molecule has 0 aliphatic carbocycles. The molecule has 37 heavy (non-hydrogen) atoms. The highest BCUT2D eigenvalue weighted by Gasteiger charge is 2.34. The highest BCUT2D eigenvalue weighted by atomic mass is 19.4. The van der Waals surface area contributed by atoms with E-state index in [4.69, 9.17) is 4.74 Å². The van der Waals surface area contributed by atoms with Gasteiger partial charge in [0.1, 0.15) is 17.4 Å². The van der Waals surface area contributed by atoms with Crippen LogP contribution in [0.3, 0.4) is 0 Å². The molecule has 190 valence electrons. The summed E-state index contributed by atoms with van der Waals surface area (Å²) in [6.07, 6.45) is -1.00. The van der Waals surface area contributed by atoms with Crippen LogP contribution in [0.2, 0.25) is 0 Å². The van der Waals surface area contributed by atoms with Crippen molar-refractivity contribution in [3.63, 3.8) is 0 Å². The summed E-state index contributed by atoms with van der Waals surface area (Å²) < 4.78 is 47.1. The third kappa shape index (κ3) is 4.43. The largest absolute Gasteiger partial charge is 0.480 e. The van der Waals surface area contributed by atoms with Gasteiger partial charge >= 0.3 is 11.9 Å². The van der Waals surface area contributed by atoms with Crippen molar-refractivity contribution in [2.24, 2.45) is 0 Å². The van der Waals surface area contributed by atoms with E-state index in [1.54, 1.807) is 31.2 Å². The van der Waals surface area contributed by atoms with Gasteiger partial charge in [0.25, 0.3) is 0 Å². The van der Waals surface area contributed by atoms with Gasteiger partial charge in [-0.1, -0.05) is 19.1 Å². The van der Waals surface area contributed by atoms with Crippen LogP contribution in [0.25, 0.3) is 28.2 Å². The van der Waals surface area contributed by atoms with Gasteiger partial charge in [-0.25, -0.2) is 29.4 Å². The average Bonchev–Trinajstić information content (AvgIpc) is 3.43. The summed E-state index contributed by atoms with van der Waals surface area (Å²) >= 11 is 0. The Labute approximate surface area is 207 Å². The molecule has 13 heteroatoms. The van der Waals surface area contributed by atoms with Crippen molar-refractivity contribution in [2.75, 3.05) is 7.11 Å². The lowest BCUT2D eigenvalue weighted by Crippen LogP contribution is -2.18. The van der Waals surface area contributed by atoms with Crippen LogP contribution in [0.5, 0.6) is 5.88 Å². The fourth-order valence-electron chi connectivity index (χ4n) is 4.06. The standard InChI is InChI=1S/C24H21F3N8O2/c1-4-16-19(22(37-3)30-12-29-16)20-28-10-17-21(32-20)34(23(36)31-17)11-14-5-7-15(8-6-14)35-13(2)9-18(33-35)24(25,26)27/h5-10,12H,4,11H2,1-3H3,(H,31,36). The van der Waals surface area contributed by atoms with Gasteiger partial charge < -0.3 is 9.72 Å². The molecule has 10 nitrogen and oxygen atoms in total. The Morgan fingerprint density at radius 2 is 1.86 bits per heavy atom. The normalized spacial score (nSPS) is 11.8. The predicted octanol–water partition coefficient (Wildman–Crippen LogP) is 3.71. The minimum absolute atomic E-state index is 0.171. The monoisotopic (exact) mass is 510 g/mol. The van der Waals surface area contributed by atoms with E-state index in [1.807, 2.05) is 6.92 Å². The molecule has 1 aromatic carbocycles. The van der Waals surface area contributed by atoms with Crippen LogP contribution in [0.1, 0.15) is 29.6 Å². The molecule has 0 aliphatic rings. The smallest absolute Gasteiger partial charge is 0.435 e. The molecular weight excluding hydrogens is 489 g/mol. The zero-order valence-corrected chi connectivity index (χ0v) is 20.0. The predicted molar refractivity (Wildman–Crippen MR) is 128 cm³/mol. The zero-order valence-electron chi connectivity index (χ0n) is 20.0. The molecule has 0 saturated carbocycles. The van der Waals surface area contributed by atoms with Crippen molar-refractivity contribution in [2.45, 2.75) is 33.0 Å². The minimum Gasteiger partial charge on any atom is -0.480 e. The Morgan fingerprint density at radius 3 is 2.51 bits per heavy atom. The Morgan fingerprint density at radius 1 is 1.11 bits per heavy atom. The second-order valence-corrected chi connectivity index (χ2v) is 8.25. The maximum atomic E-state index is 13.0. The number of hydrogen-bond acceptors (Lipinski definition) is 7. The number of ether oxygens (including phenoxy) is 1. The number of benzene rings is 1. The minimum atomic E-state index is -4.53. The second kappa shape index (κ2) is 9.15. The molecule has 0 fully saturated rings. The third-order valence-corrected chi connectivity index (χ3v) is 5.85. The third-order valence-electron chi connectivity index (χ3n) is 5.85. The van der Waals surface area contributed by atoms with Gasteiger partial charge in [0, 0.05) is 5.69 Å². The first-order valence-corrected chi connectivity index (χ1v) is 11.3. The highest BCUT2D eigenvalue weighted by molar-refractivity contribution is 5.74. The summed E-state index contributed by atoms with van der Waals surface area (Å²) in [5.41, 5.74) is 2.30. The van der Waals surface area contributed by atoms with Crippen LogP contribution in [0.15, 0.2) is 47.7 Å². The number of hydrogen-bond donors (Lipinski definition) is 1. The van der Waals surface area contributed by atoms with Crippen molar-refractivity contribution in [1.82, 2.24) is 39.3 Å². The molecule has 1 N–H and O–H groups in total. The van der Waals surface area contributed by atoms with Crippen LogP contribution in [-0.4, -0.2) is 46.4 Å². The van der Waals surface area contributed by atoms with E-state index in [9.17, 15) is 18.0 Å². The molecule has 0 unspecified atom stereocenters. The number of halogens is 3. The summed E-state index contributed by atoms with van der Waals surface area (Å²) in [6.45, 7) is 3.66. The van der Waals surface area contributed by atoms with Crippen LogP contribution < -0.4 is 10.4 Å². The Kier molecular flexibility index (Phi) is 5.97. The molecule has 4 heterocycles. The lowest BCUT2D eigenvalue weighted by atomic mass is 10.1. The van der Waals surface area contributed by atoms with Crippen molar-refractivity contribution in [3.8, 4) is 23.0 Å². The van der Waals surface area contributed by atoms with E-state index in [0.29, 0.717) is 51.9 Å². The Bertz CT molecular complexity index is 1630. The summed E-state index contributed by atoms with van der Waals surface area (Å²) in [7, 11) is 1.49. The van der Waals surface area contributed by atoms with E-state index in [-0.39, 0.29) is 12.2 Å². The molecule has 0 amide bonds. The summed E-state index contributed by atoms with van der Waals surface area (Å²) in [5.74, 6) is 0.647. The number of nitrogens with one attached hydrogen (secondary N) is 1. The number of nitrogens with zero attached hydrogens (tertiary/aromatic N) is 7.